The van der Waals surface area contributed by atoms with Crippen LogP contribution in [0.5, 0.6) is 0 Å². The largest absolute Gasteiger partial charge is 0.481 e. The summed E-state index contributed by atoms with van der Waals surface area (Å²) in [5.74, 6) is -0.170. The summed E-state index contributed by atoms with van der Waals surface area (Å²) in [4.78, 5) is 10.7. The maximum Gasteiger partial charge on any atom is 0.305 e. The summed E-state index contributed by atoms with van der Waals surface area (Å²) in [7, 11) is 0. The first-order chi connectivity index (χ1) is 8.99. The van der Waals surface area contributed by atoms with Crippen LogP contribution in [-0.4, -0.2) is 16.2 Å². The summed E-state index contributed by atoms with van der Waals surface area (Å²) in [6, 6.07) is 7.00. The fraction of sp³-hybridized carbons (Fsp3) is 0.286. The molecule has 1 heterocycles. The maximum absolute atomic E-state index is 10.7. The summed E-state index contributed by atoms with van der Waals surface area (Å²) in [5.41, 5.74) is 9.35. The Labute approximate surface area is 111 Å². The van der Waals surface area contributed by atoms with Gasteiger partial charge < -0.3 is 15.4 Å². The van der Waals surface area contributed by atoms with Gasteiger partial charge in [0.25, 0.3) is 0 Å². The van der Waals surface area contributed by atoms with E-state index in [1.807, 2.05) is 38.1 Å². The number of aliphatic carboxylic acids is 1. The van der Waals surface area contributed by atoms with Crippen molar-refractivity contribution in [3.63, 3.8) is 0 Å². The van der Waals surface area contributed by atoms with E-state index < -0.39 is 12.0 Å². The second-order valence-corrected chi connectivity index (χ2v) is 4.53. The Hall–Kier alpha value is -2.14. The lowest BCUT2D eigenvalue weighted by Crippen LogP contribution is -2.14. The molecule has 2 aromatic rings. The zero-order chi connectivity index (χ0) is 14.0. The van der Waals surface area contributed by atoms with Crippen LogP contribution >= 0.6 is 0 Å². The van der Waals surface area contributed by atoms with Gasteiger partial charge in [-0.3, -0.25) is 4.79 Å². The maximum atomic E-state index is 10.7. The van der Waals surface area contributed by atoms with Crippen molar-refractivity contribution in [2.24, 2.45) is 5.73 Å². The number of nitrogens with zero attached hydrogens (tertiary/aromatic N) is 1. The molecule has 1 atom stereocenters. The van der Waals surface area contributed by atoms with Gasteiger partial charge in [-0.15, -0.1) is 0 Å². The molecule has 0 saturated heterocycles. The topological polar surface area (TPSA) is 89.4 Å². The number of aromatic nitrogens is 1. The number of aryl methyl sites for hydroxylation is 2. The van der Waals surface area contributed by atoms with Gasteiger partial charge >= 0.3 is 5.97 Å². The summed E-state index contributed by atoms with van der Waals surface area (Å²) in [5, 5.41) is 12.7. The Morgan fingerprint density at radius 1 is 1.47 bits per heavy atom. The predicted octanol–water partition coefficient (Wildman–Crippen LogP) is 2.43. The van der Waals surface area contributed by atoms with Crippen molar-refractivity contribution in [3.05, 3.63) is 41.3 Å². The number of benzene rings is 1. The Morgan fingerprint density at radius 3 is 2.79 bits per heavy atom. The molecule has 0 aliphatic rings. The van der Waals surface area contributed by atoms with E-state index in [0.717, 1.165) is 28.1 Å². The van der Waals surface area contributed by atoms with Gasteiger partial charge in [0.15, 0.2) is 0 Å². The number of hydrogen-bond acceptors (Lipinski definition) is 4. The van der Waals surface area contributed by atoms with Crippen LogP contribution in [0, 0.1) is 13.8 Å². The van der Waals surface area contributed by atoms with Crippen molar-refractivity contribution < 1.29 is 14.4 Å². The summed E-state index contributed by atoms with van der Waals surface area (Å²) >= 11 is 0. The van der Waals surface area contributed by atoms with E-state index in [0.29, 0.717) is 0 Å². The van der Waals surface area contributed by atoms with Crippen LogP contribution < -0.4 is 5.73 Å². The first-order valence-corrected chi connectivity index (χ1v) is 5.99. The molecule has 1 unspecified atom stereocenters. The van der Waals surface area contributed by atoms with Crippen molar-refractivity contribution in [3.8, 4) is 11.1 Å². The molecular weight excluding hydrogens is 244 g/mol. The molecular formula is C14H16N2O3. The van der Waals surface area contributed by atoms with E-state index in [1.54, 1.807) is 0 Å². The number of rotatable bonds is 4. The number of nitrogens with two attached hydrogens (primary N) is 1. The zero-order valence-electron chi connectivity index (χ0n) is 10.9. The van der Waals surface area contributed by atoms with E-state index >= 15 is 0 Å². The van der Waals surface area contributed by atoms with Crippen LogP contribution in [0.4, 0.5) is 0 Å². The average molecular weight is 260 g/mol. The first kappa shape index (κ1) is 13.3. The molecule has 1 aromatic heterocycles. The van der Waals surface area contributed by atoms with Gasteiger partial charge in [0.2, 0.25) is 0 Å². The second-order valence-electron chi connectivity index (χ2n) is 4.53. The normalized spacial score (nSPS) is 12.4. The highest BCUT2D eigenvalue weighted by atomic mass is 16.5. The highest BCUT2D eigenvalue weighted by Crippen LogP contribution is 2.28. The number of hydrogen-bond donors (Lipinski definition) is 2. The molecule has 5 nitrogen and oxygen atoms in total. The minimum Gasteiger partial charge on any atom is -0.481 e. The molecule has 2 rings (SSSR count). The van der Waals surface area contributed by atoms with Crippen LogP contribution in [0.2, 0.25) is 0 Å². The Kier molecular flexibility index (Phi) is 3.66. The number of carbonyl (C=O) groups is 1. The summed E-state index contributed by atoms with van der Waals surface area (Å²) in [6.45, 7) is 3.72. The van der Waals surface area contributed by atoms with E-state index in [4.69, 9.17) is 15.4 Å². The molecule has 0 radical (unpaired) electrons. The minimum absolute atomic E-state index is 0.0922. The standard InChI is InChI=1S/C14H16N2O3/c1-8-14(9(2)19-16-8)11-5-3-4-10(6-11)12(15)7-13(17)18/h3-6,12H,7,15H2,1-2H3,(H,17,18). The SMILES string of the molecule is Cc1noc(C)c1-c1cccc(C(N)CC(=O)O)c1. The average Bonchev–Trinajstić information content (AvgIpc) is 2.68. The van der Waals surface area contributed by atoms with E-state index in [-0.39, 0.29) is 6.42 Å². The van der Waals surface area contributed by atoms with Crippen LogP contribution in [0.3, 0.4) is 0 Å². The third kappa shape index (κ3) is 2.82. The van der Waals surface area contributed by atoms with Gasteiger partial charge in [0.1, 0.15) is 5.76 Å². The molecule has 19 heavy (non-hydrogen) atoms. The lowest BCUT2D eigenvalue weighted by molar-refractivity contribution is -0.137. The smallest absolute Gasteiger partial charge is 0.305 e. The molecule has 1 aromatic carbocycles. The van der Waals surface area contributed by atoms with Crippen molar-refractivity contribution in [2.75, 3.05) is 0 Å². The molecule has 0 bridgehead atoms. The lowest BCUT2D eigenvalue weighted by Gasteiger charge is -2.11. The number of carboxylic acids is 1. The highest BCUT2D eigenvalue weighted by Gasteiger charge is 2.15. The minimum atomic E-state index is -0.907. The van der Waals surface area contributed by atoms with Crippen LogP contribution in [-0.2, 0) is 4.79 Å². The molecule has 0 spiro atoms. The number of carboxylic acid groups (broad SMARTS) is 1. The highest BCUT2D eigenvalue weighted by molar-refractivity contribution is 5.70. The Balaban J connectivity index is 2.37. The van der Waals surface area contributed by atoms with Crippen molar-refractivity contribution in [1.82, 2.24) is 5.16 Å². The summed E-state index contributed by atoms with van der Waals surface area (Å²) in [6.07, 6.45) is -0.0922. The molecule has 5 heteroatoms. The molecule has 0 aliphatic heterocycles. The van der Waals surface area contributed by atoms with E-state index in [2.05, 4.69) is 5.16 Å². The van der Waals surface area contributed by atoms with Crippen LogP contribution in [0.15, 0.2) is 28.8 Å². The Morgan fingerprint density at radius 2 is 2.21 bits per heavy atom. The van der Waals surface area contributed by atoms with Crippen molar-refractivity contribution in [2.45, 2.75) is 26.3 Å². The van der Waals surface area contributed by atoms with Gasteiger partial charge in [-0.25, -0.2) is 0 Å². The summed E-state index contributed by atoms with van der Waals surface area (Å²) < 4.78 is 5.14. The van der Waals surface area contributed by atoms with Crippen LogP contribution in [0.1, 0.15) is 29.5 Å². The lowest BCUT2D eigenvalue weighted by atomic mass is 9.97. The monoisotopic (exact) mass is 260 g/mol. The Bertz CT molecular complexity index is 585. The first-order valence-electron chi connectivity index (χ1n) is 5.99. The third-order valence-corrected chi connectivity index (χ3v) is 3.03. The van der Waals surface area contributed by atoms with Crippen molar-refractivity contribution >= 4 is 5.97 Å². The van der Waals surface area contributed by atoms with Crippen molar-refractivity contribution in [1.29, 1.82) is 0 Å². The quantitative estimate of drug-likeness (QED) is 0.881. The molecule has 0 amide bonds. The zero-order valence-corrected chi connectivity index (χ0v) is 10.9. The molecule has 3 N–H and O–H groups in total. The van der Waals surface area contributed by atoms with E-state index in [9.17, 15) is 4.79 Å². The predicted molar refractivity (Wildman–Crippen MR) is 70.6 cm³/mol. The van der Waals surface area contributed by atoms with E-state index in [1.165, 1.54) is 0 Å². The van der Waals surface area contributed by atoms with Gasteiger partial charge in [0, 0.05) is 11.6 Å². The fourth-order valence-electron chi connectivity index (χ4n) is 2.13. The van der Waals surface area contributed by atoms with Gasteiger partial charge in [-0.2, -0.15) is 0 Å². The van der Waals surface area contributed by atoms with Gasteiger partial charge in [-0.05, 0) is 31.0 Å². The third-order valence-electron chi connectivity index (χ3n) is 3.03. The van der Waals surface area contributed by atoms with Gasteiger partial charge in [-0.1, -0.05) is 23.4 Å². The van der Waals surface area contributed by atoms with Gasteiger partial charge in [0.05, 0.1) is 12.1 Å². The fourth-order valence-corrected chi connectivity index (χ4v) is 2.13. The van der Waals surface area contributed by atoms with Crippen LogP contribution in [0.25, 0.3) is 11.1 Å². The molecule has 0 saturated carbocycles. The molecule has 0 fully saturated rings. The second kappa shape index (κ2) is 5.24. The molecule has 0 aliphatic carbocycles. The molecule has 100 valence electrons.